The average molecular weight is 267 g/mol. The molecule has 2 fully saturated rings. The van der Waals surface area contributed by atoms with Crippen LogP contribution in [0.15, 0.2) is 0 Å². The largest absolute Gasteiger partial charge is 0.381 e. The minimum absolute atomic E-state index is 0.587. The van der Waals surface area contributed by atoms with Gasteiger partial charge >= 0.3 is 0 Å². The third-order valence-electron chi connectivity index (χ3n) is 4.41. The van der Waals surface area contributed by atoms with Crippen molar-refractivity contribution in [1.29, 1.82) is 0 Å². The molecule has 0 N–H and O–H groups in total. The van der Waals surface area contributed by atoms with Crippen LogP contribution in [-0.2, 0) is 9.53 Å². The van der Waals surface area contributed by atoms with Crippen LogP contribution < -0.4 is 0 Å². The fourth-order valence-electron chi connectivity index (χ4n) is 3.01. The number of hydrogen-bond acceptors (Lipinski definition) is 4. The Bertz CT molecular complexity index is 247. The molecule has 0 unspecified atom stereocenters. The van der Waals surface area contributed by atoms with Gasteiger partial charge in [0.1, 0.15) is 0 Å². The maximum Gasteiger partial charge on any atom is 0.198 e. The summed E-state index contributed by atoms with van der Waals surface area (Å²) in [5, 5.41) is 0. The maximum atomic E-state index is 10.2. The Morgan fingerprint density at radius 2 is 1.63 bits per heavy atom. The molecule has 2 aliphatic heterocycles. The van der Waals surface area contributed by atoms with Gasteiger partial charge in [-0.15, -0.1) is 0 Å². The SMILES string of the molecule is O=[C]CCCN1CCN(CCC2CCOCC2)CC1. The molecule has 0 aromatic heterocycles. The predicted molar refractivity (Wildman–Crippen MR) is 76.0 cm³/mol. The van der Waals surface area contributed by atoms with E-state index >= 15 is 0 Å². The van der Waals surface area contributed by atoms with E-state index in [0.717, 1.165) is 45.2 Å². The summed E-state index contributed by atoms with van der Waals surface area (Å²) >= 11 is 0. The predicted octanol–water partition coefficient (Wildman–Crippen LogP) is 1.31. The molecule has 19 heavy (non-hydrogen) atoms. The molecule has 2 aliphatic rings. The summed E-state index contributed by atoms with van der Waals surface area (Å²) in [6, 6.07) is 0. The number of rotatable bonds is 7. The van der Waals surface area contributed by atoms with Gasteiger partial charge < -0.3 is 14.5 Å². The van der Waals surface area contributed by atoms with E-state index < -0.39 is 0 Å². The molecule has 2 rings (SSSR count). The zero-order chi connectivity index (χ0) is 13.3. The van der Waals surface area contributed by atoms with Gasteiger partial charge in [-0.05, 0) is 44.7 Å². The van der Waals surface area contributed by atoms with Gasteiger partial charge in [0, 0.05) is 45.8 Å². The molecule has 0 aromatic rings. The molecule has 0 spiro atoms. The normalized spacial score (nSPS) is 23.6. The van der Waals surface area contributed by atoms with E-state index in [4.69, 9.17) is 4.74 Å². The van der Waals surface area contributed by atoms with Crippen molar-refractivity contribution >= 4 is 6.29 Å². The first-order valence-electron chi connectivity index (χ1n) is 7.76. The number of piperazine rings is 1. The molecule has 0 aromatic carbocycles. The van der Waals surface area contributed by atoms with Crippen molar-refractivity contribution < 1.29 is 9.53 Å². The summed E-state index contributed by atoms with van der Waals surface area (Å²) in [7, 11) is 0. The minimum atomic E-state index is 0.587. The highest BCUT2D eigenvalue weighted by Gasteiger charge is 2.19. The molecule has 0 atom stereocenters. The van der Waals surface area contributed by atoms with Gasteiger partial charge in [0.05, 0.1) is 0 Å². The lowest BCUT2D eigenvalue weighted by molar-refractivity contribution is 0.0562. The highest BCUT2D eigenvalue weighted by molar-refractivity contribution is 5.50. The van der Waals surface area contributed by atoms with Gasteiger partial charge in [0.2, 0.25) is 0 Å². The van der Waals surface area contributed by atoms with Crippen molar-refractivity contribution in [3.63, 3.8) is 0 Å². The fraction of sp³-hybridized carbons (Fsp3) is 0.933. The maximum absolute atomic E-state index is 10.2. The third kappa shape index (κ3) is 5.59. The standard InChI is InChI=1S/C15H27N2O2/c18-12-2-1-6-16-8-10-17(11-9-16)7-3-15-4-13-19-14-5-15/h15H,1-11,13-14H2. The van der Waals surface area contributed by atoms with E-state index in [1.54, 1.807) is 0 Å². The van der Waals surface area contributed by atoms with Crippen molar-refractivity contribution in [2.24, 2.45) is 5.92 Å². The minimum Gasteiger partial charge on any atom is -0.381 e. The van der Waals surface area contributed by atoms with E-state index in [9.17, 15) is 4.79 Å². The molecule has 4 heteroatoms. The molecule has 0 saturated carbocycles. The number of carbonyl (C=O) groups excluding carboxylic acids is 1. The number of unbranched alkanes of at least 4 members (excludes halogenated alkanes) is 1. The Labute approximate surface area is 117 Å². The highest BCUT2D eigenvalue weighted by atomic mass is 16.5. The van der Waals surface area contributed by atoms with Crippen LogP contribution >= 0.6 is 0 Å². The average Bonchev–Trinajstić information content (AvgIpc) is 2.48. The molecule has 0 bridgehead atoms. The first-order valence-corrected chi connectivity index (χ1v) is 7.76. The summed E-state index contributed by atoms with van der Waals surface area (Å²) < 4.78 is 5.40. The topological polar surface area (TPSA) is 32.8 Å². The van der Waals surface area contributed by atoms with Crippen molar-refractivity contribution in [2.45, 2.75) is 32.1 Å². The summed E-state index contributed by atoms with van der Waals surface area (Å²) in [6.07, 6.45) is 7.37. The Kier molecular flexibility index (Phi) is 6.82. The van der Waals surface area contributed by atoms with Crippen LogP contribution in [0.25, 0.3) is 0 Å². The summed E-state index contributed by atoms with van der Waals surface area (Å²) in [6.45, 7) is 8.93. The Balaban J connectivity index is 1.54. The molecule has 0 amide bonds. The van der Waals surface area contributed by atoms with Crippen LogP contribution in [0, 0.1) is 5.92 Å². The van der Waals surface area contributed by atoms with Crippen LogP contribution in [0.5, 0.6) is 0 Å². The number of ether oxygens (including phenoxy) is 1. The molecule has 109 valence electrons. The Morgan fingerprint density at radius 1 is 1.00 bits per heavy atom. The zero-order valence-corrected chi connectivity index (χ0v) is 12.0. The Hall–Kier alpha value is -0.450. The lowest BCUT2D eigenvalue weighted by Gasteiger charge is -2.35. The van der Waals surface area contributed by atoms with E-state index in [-0.39, 0.29) is 0 Å². The lowest BCUT2D eigenvalue weighted by atomic mass is 9.96. The molecule has 2 heterocycles. The van der Waals surface area contributed by atoms with Crippen LogP contribution in [-0.4, -0.2) is 68.6 Å². The zero-order valence-electron chi connectivity index (χ0n) is 12.0. The molecule has 1 radical (unpaired) electrons. The van der Waals surface area contributed by atoms with Gasteiger partial charge in [-0.2, -0.15) is 0 Å². The van der Waals surface area contributed by atoms with Crippen molar-refractivity contribution in [3.05, 3.63) is 0 Å². The van der Waals surface area contributed by atoms with Gasteiger partial charge in [-0.3, -0.25) is 4.79 Å². The van der Waals surface area contributed by atoms with Crippen molar-refractivity contribution in [1.82, 2.24) is 9.80 Å². The van der Waals surface area contributed by atoms with E-state index in [1.165, 1.54) is 38.9 Å². The first-order chi connectivity index (χ1) is 9.38. The van der Waals surface area contributed by atoms with E-state index in [0.29, 0.717) is 6.42 Å². The summed E-state index contributed by atoms with van der Waals surface area (Å²) in [5.74, 6) is 0.884. The smallest absolute Gasteiger partial charge is 0.198 e. The van der Waals surface area contributed by atoms with Crippen LogP contribution in [0.2, 0.25) is 0 Å². The highest BCUT2D eigenvalue weighted by Crippen LogP contribution is 2.19. The first kappa shape index (κ1) is 14.9. The van der Waals surface area contributed by atoms with Crippen LogP contribution in [0.3, 0.4) is 0 Å². The van der Waals surface area contributed by atoms with Crippen LogP contribution in [0.1, 0.15) is 32.1 Å². The molecule has 2 saturated heterocycles. The van der Waals surface area contributed by atoms with Crippen molar-refractivity contribution in [3.8, 4) is 0 Å². The monoisotopic (exact) mass is 267 g/mol. The number of hydrogen-bond donors (Lipinski definition) is 0. The van der Waals surface area contributed by atoms with E-state index in [1.807, 2.05) is 6.29 Å². The van der Waals surface area contributed by atoms with Crippen LogP contribution in [0.4, 0.5) is 0 Å². The van der Waals surface area contributed by atoms with Gasteiger partial charge in [0.25, 0.3) is 0 Å². The molecule has 4 nitrogen and oxygen atoms in total. The van der Waals surface area contributed by atoms with Gasteiger partial charge in [-0.25, -0.2) is 0 Å². The van der Waals surface area contributed by atoms with Gasteiger partial charge in [-0.1, -0.05) is 0 Å². The molecular formula is C15H27N2O2. The summed E-state index contributed by atoms with van der Waals surface area (Å²) in [5.41, 5.74) is 0. The summed E-state index contributed by atoms with van der Waals surface area (Å²) in [4.78, 5) is 15.2. The second kappa shape index (κ2) is 8.67. The quantitative estimate of drug-likeness (QED) is 0.651. The Morgan fingerprint density at radius 3 is 2.26 bits per heavy atom. The fourth-order valence-corrected chi connectivity index (χ4v) is 3.01. The van der Waals surface area contributed by atoms with Crippen molar-refractivity contribution in [2.75, 3.05) is 52.5 Å². The second-order valence-electron chi connectivity index (χ2n) is 5.78. The van der Waals surface area contributed by atoms with Gasteiger partial charge in [0.15, 0.2) is 6.29 Å². The second-order valence-corrected chi connectivity index (χ2v) is 5.78. The molecule has 0 aliphatic carbocycles. The molecular weight excluding hydrogens is 240 g/mol. The lowest BCUT2D eigenvalue weighted by Crippen LogP contribution is -2.47. The third-order valence-corrected chi connectivity index (χ3v) is 4.41. The number of nitrogens with zero attached hydrogens (tertiary/aromatic N) is 2. The van der Waals surface area contributed by atoms with E-state index in [2.05, 4.69) is 9.80 Å².